The van der Waals surface area contributed by atoms with Crippen molar-refractivity contribution in [2.45, 2.75) is 19.0 Å². The highest BCUT2D eigenvalue weighted by atomic mass is 19.4. The van der Waals surface area contributed by atoms with Gasteiger partial charge in [0.2, 0.25) is 5.91 Å². The van der Waals surface area contributed by atoms with Gasteiger partial charge in [-0.05, 0) is 43.2 Å². The fourth-order valence-corrected chi connectivity index (χ4v) is 3.18. The van der Waals surface area contributed by atoms with Gasteiger partial charge in [0.05, 0.1) is 17.2 Å². The number of hydrogen-bond donors (Lipinski definition) is 1. The van der Waals surface area contributed by atoms with Gasteiger partial charge in [-0.3, -0.25) is 9.59 Å². The van der Waals surface area contributed by atoms with Gasteiger partial charge < -0.3 is 10.2 Å². The minimum Gasteiger partial charge on any atom is -0.338 e. The molecular formula is C20H18F4N2O2. The van der Waals surface area contributed by atoms with Gasteiger partial charge in [-0.1, -0.05) is 18.2 Å². The average molecular weight is 394 g/mol. The van der Waals surface area contributed by atoms with Crippen LogP contribution in [0.3, 0.4) is 0 Å². The first-order valence-corrected chi connectivity index (χ1v) is 8.77. The minimum absolute atomic E-state index is 0.0498. The normalized spacial score (nSPS) is 17.3. The topological polar surface area (TPSA) is 49.4 Å². The van der Waals surface area contributed by atoms with Gasteiger partial charge in [0.15, 0.2) is 0 Å². The van der Waals surface area contributed by atoms with E-state index in [-0.39, 0.29) is 17.8 Å². The van der Waals surface area contributed by atoms with Gasteiger partial charge in [-0.2, -0.15) is 13.2 Å². The average Bonchev–Trinajstić information content (AvgIpc) is 2.68. The summed E-state index contributed by atoms with van der Waals surface area (Å²) in [5.74, 6) is -2.12. The van der Waals surface area contributed by atoms with E-state index in [4.69, 9.17) is 0 Å². The molecule has 0 aromatic heterocycles. The van der Waals surface area contributed by atoms with Crippen molar-refractivity contribution in [1.29, 1.82) is 0 Å². The Hall–Kier alpha value is -2.90. The zero-order valence-electron chi connectivity index (χ0n) is 14.8. The van der Waals surface area contributed by atoms with Gasteiger partial charge in [-0.25, -0.2) is 4.39 Å². The lowest BCUT2D eigenvalue weighted by Crippen LogP contribution is -2.43. The van der Waals surface area contributed by atoms with Crippen LogP contribution in [0.1, 0.15) is 28.8 Å². The molecule has 0 saturated carbocycles. The predicted octanol–water partition coefficient (Wildman–Crippen LogP) is 4.34. The number of benzene rings is 2. The molecule has 0 spiro atoms. The number of likely N-dealkylation sites (tertiary alicyclic amines) is 1. The number of anilines is 1. The number of hydrogen-bond acceptors (Lipinski definition) is 2. The number of piperidine rings is 1. The Morgan fingerprint density at radius 1 is 1.07 bits per heavy atom. The highest BCUT2D eigenvalue weighted by Gasteiger charge is 2.33. The van der Waals surface area contributed by atoms with E-state index >= 15 is 0 Å². The molecule has 148 valence electrons. The van der Waals surface area contributed by atoms with Crippen molar-refractivity contribution < 1.29 is 27.2 Å². The second kappa shape index (κ2) is 8.00. The number of rotatable bonds is 3. The Morgan fingerprint density at radius 2 is 1.82 bits per heavy atom. The number of carbonyl (C=O) groups excluding carboxylic acids is 2. The van der Waals surface area contributed by atoms with Crippen molar-refractivity contribution in [3.8, 4) is 0 Å². The molecule has 2 aromatic carbocycles. The minimum atomic E-state index is -4.54. The smallest absolute Gasteiger partial charge is 0.338 e. The van der Waals surface area contributed by atoms with Crippen LogP contribution in [-0.2, 0) is 11.0 Å². The largest absolute Gasteiger partial charge is 0.416 e. The van der Waals surface area contributed by atoms with Gasteiger partial charge in [0.1, 0.15) is 5.82 Å². The second-order valence-corrected chi connectivity index (χ2v) is 6.64. The van der Waals surface area contributed by atoms with Crippen LogP contribution in [0.15, 0.2) is 48.5 Å². The number of amides is 2. The Bertz CT molecular complexity index is 883. The third kappa shape index (κ3) is 4.49. The van der Waals surface area contributed by atoms with E-state index in [0.29, 0.717) is 19.4 Å². The van der Waals surface area contributed by atoms with Crippen LogP contribution in [0.5, 0.6) is 0 Å². The Labute approximate surface area is 159 Å². The molecule has 0 radical (unpaired) electrons. The first-order valence-electron chi connectivity index (χ1n) is 8.77. The lowest BCUT2D eigenvalue weighted by molar-refractivity contribution is -0.137. The monoisotopic (exact) mass is 394 g/mol. The molecule has 0 bridgehead atoms. The van der Waals surface area contributed by atoms with Crippen molar-refractivity contribution in [1.82, 2.24) is 4.90 Å². The van der Waals surface area contributed by atoms with Crippen molar-refractivity contribution in [3.05, 3.63) is 65.5 Å². The third-order valence-corrected chi connectivity index (χ3v) is 4.65. The molecule has 2 aromatic rings. The summed E-state index contributed by atoms with van der Waals surface area (Å²) in [7, 11) is 0. The standard InChI is InChI=1S/C20H18F4N2O2/c21-16-8-1-2-9-17(16)25-18(27)14-6-4-10-26(12-14)19(28)13-5-3-7-15(11-13)20(22,23)24/h1-3,5,7-9,11,14H,4,6,10,12H2,(H,25,27)/t14-/m0/s1. The van der Waals surface area contributed by atoms with Crippen LogP contribution < -0.4 is 5.32 Å². The number of alkyl halides is 3. The summed E-state index contributed by atoms with van der Waals surface area (Å²) in [6, 6.07) is 9.96. The molecule has 2 amide bonds. The van der Waals surface area contributed by atoms with Crippen molar-refractivity contribution >= 4 is 17.5 Å². The van der Waals surface area contributed by atoms with Crippen molar-refractivity contribution in [3.63, 3.8) is 0 Å². The van der Waals surface area contributed by atoms with E-state index in [2.05, 4.69) is 5.32 Å². The Balaban J connectivity index is 1.70. The number of halogens is 4. The van der Waals surface area contributed by atoms with Crippen LogP contribution in [-0.4, -0.2) is 29.8 Å². The predicted molar refractivity (Wildman–Crippen MR) is 95.1 cm³/mol. The van der Waals surface area contributed by atoms with Crippen LogP contribution in [0.4, 0.5) is 23.2 Å². The molecule has 1 N–H and O–H groups in total. The van der Waals surface area contributed by atoms with E-state index < -0.39 is 35.3 Å². The fraction of sp³-hybridized carbons (Fsp3) is 0.300. The van der Waals surface area contributed by atoms with Crippen LogP contribution in [0, 0.1) is 11.7 Å². The molecule has 1 heterocycles. The zero-order valence-corrected chi connectivity index (χ0v) is 14.8. The van der Waals surface area contributed by atoms with E-state index in [0.717, 1.165) is 12.1 Å². The van der Waals surface area contributed by atoms with E-state index in [1.807, 2.05) is 0 Å². The Morgan fingerprint density at radius 3 is 2.54 bits per heavy atom. The van der Waals surface area contributed by atoms with Crippen LogP contribution in [0.25, 0.3) is 0 Å². The summed E-state index contributed by atoms with van der Waals surface area (Å²) in [6.07, 6.45) is -3.51. The number of nitrogens with zero attached hydrogens (tertiary/aromatic N) is 1. The Kier molecular flexibility index (Phi) is 5.67. The molecule has 28 heavy (non-hydrogen) atoms. The number of para-hydroxylation sites is 1. The highest BCUT2D eigenvalue weighted by molar-refractivity contribution is 5.96. The lowest BCUT2D eigenvalue weighted by Gasteiger charge is -2.32. The molecule has 1 saturated heterocycles. The molecular weight excluding hydrogens is 376 g/mol. The maximum absolute atomic E-state index is 13.7. The second-order valence-electron chi connectivity index (χ2n) is 6.64. The lowest BCUT2D eigenvalue weighted by atomic mass is 9.96. The molecule has 4 nitrogen and oxygen atoms in total. The first-order chi connectivity index (χ1) is 13.3. The van der Waals surface area contributed by atoms with Gasteiger partial charge >= 0.3 is 6.18 Å². The summed E-state index contributed by atoms with van der Waals surface area (Å²) in [5, 5.41) is 2.51. The highest BCUT2D eigenvalue weighted by Crippen LogP contribution is 2.30. The molecule has 0 aliphatic carbocycles. The third-order valence-electron chi connectivity index (χ3n) is 4.65. The summed E-state index contributed by atoms with van der Waals surface area (Å²) in [6.45, 7) is 0.411. The maximum Gasteiger partial charge on any atom is 0.416 e. The first kappa shape index (κ1) is 19.9. The molecule has 1 atom stereocenters. The quantitative estimate of drug-likeness (QED) is 0.788. The number of carbonyl (C=O) groups is 2. The molecule has 1 aliphatic heterocycles. The van der Waals surface area contributed by atoms with Gasteiger partial charge in [-0.15, -0.1) is 0 Å². The molecule has 1 aliphatic rings. The summed E-state index contributed by atoms with van der Waals surface area (Å²) in [5.41, 5.74) is -0.928. The van der Waals surface area contributed by atoms with Gasteiger partial charge in [0.25, 0.3) is 5.91 Å². The van der Waals surface area contributed by atoms with Crippen molar-refractivity contribution in [2.24, 2.45) is 5.92 Å². The molecule has 8 heteroatoms. The SMILES string of the molecule is O=C(Nc1ccccc1F)[C@H]1CCCN(C(=O)c2cccc(C(F)(F)F)c2)C1. The molecule has 1 fully saturated rings. The van der Waals surface area contributed by atoms with E-state index in [1.165, 1.54) is 35.2 Å². The maximum atomic E-state index is 13.7. The van der Waals surface area contributed by atoms with Crippen LogP contribution >= 0.6 is 0 Å². The van der Waals surface area contributed by atoms with E-state index in [9.17, 15) is 27.2 Å². The fourth-order valence-electron chi connectivity index (χ4n) is 3.18. The van der Waals surface area contributed by atoms with Crippen molar-refractivity contribution in [2.75, 3.05) is 18.4 Å². The number of nitrogens with one attached hydrogen (secondary N) is 1. The van der Waals surface area contributed by atoms with E-state index in [1.54, 1.807) is 6.07 Å². The summed E-state index contributed by atoms with van der Waals surface area (Å²) in [4.78, 5) is 26.4. The summed E-state index contributed by atoms with van der Waals surface area (Å²) >= 11 is 0. The molecule has 3 rings (SSSR count). The zero-order chi connectivity index (χ0) is 20.3. The van der Waals surface area contributed by atoms with Crippen LogP contribution in [0.2, 0.25) is 0 Å². The van der Waals surface area contributed by atoms with Gasteiger partial charge in [0, 0.05) is 18.7 Å². The summed E-state index contributed by atoms with van der Waals surface area (Å²) < 4.78 is 52.3. The molecule has 0 unspecified atom stereocenters.